The van der Waals surface area contributed by atoms with E-state index in [0.717, 1.165) is 19.3 Å². The minimum absolute atomic E-state index is 0.0275. The SMILES string of the molecule is O=C(Nc1ccccc1F)NC1CCC2OCCOC2C1. The zero-order valence-corrected chi connectivity index (χ0v) is 11.7. The van der Waals surface area contributed by atoms with E-state index in [4.69, 9.17) is 9.47 Å². The molecule has 1 aliphatic heterocycles. The normalized spacial score (nSPS) is 28.5. The molecule has 2 aliphatic rings. The molecule has 6 heteroatoms. The Kier molecular flexibility index (Phi) is 4.36. The third-order valence-corrected chi connectivity index (χ3v) is 3.94. The van der Waals surface area contributed by atoms with Crippen LogP contribution in [0.25, 0.3) is 0 Å². The second-order valence-electron chi connectivity index (χ2n) is 5.41. The lowest BCUT2D eigenvalue weighted by atomic mass is 9.90. The Morgan fingerprint density at radius 3 is 2.71 bits per heavy atom. The summed E-state index contributed by atoms with van der Waals surface area (Å²) in [6.45, 7) is 1.25. The maximum absolute atomic E-state index is 13.5. The summed E-state index contributed by atoms with van der Waals surface area (Å²) in [6.07, 6.45) is 2.64. The van der Waals surface area contributed by atoms with Crippen LogP contribution in [0.4, 0.5) is 14.9 Å². The highest BCUT2D eigenvalue weighted by Gasteiger charge is 2.34. The first-order chi connectivity index (χ1) is 10.2. The number of hydrogen-bond donors (Lipinski definition) is 2. The third kappa shape index (κ3) is 3.51. The fourth-order valence-electron chi connectivity index (χ4n) is 2.90. The van der Waals surface area contributed by atoms with Crippen molar-refractivity contribution in [3.8, 4) is 0 Å². The molecule has 0 aromatic heterocycles. The standard InChI is InChI=1S/C15H19FN2O3/c16-11-3-1-2-4-12(11)18-15(19)17-10-5-6-13-14(9-10)21-8-7-20-13/h1-4,10,13-14H,5-9H2,(H2,17,18,19). The summed E-state index contributed by atoms with van der Waals surface area (Å²) in [5, 5.41) is 5.41. The molecule has 21 heavy (non-hydrogen) atoms. The molecule has 114 valence electrons. The van der Waals surface area contributed by atoms with Gasteiger partial charge in [-0.3, -0.25) is 0 Å². The van der Waals surface area contributed by atoms with Crippen LogP contribution in [0.1, 0.15) is 19.3 Å². The maximum atomic E-state index is 13.5. The summed E-state index contributed by atoms with van der Waals surface area (Å²) < 4.78 is 24.8. The monoisotopic (exact) mass is 294 g/mol. The molecule has 5 nitrogen and oxygen atoms in total. The minimum Gasteiger partial charge on any atom is -0.373 e. The summed E-state index contributed by atoms with van der Waals surface area (Å²) in [5.41, 5.74) is 0.181. The Bertz CT molecular complexity index is 511. The number of rotatable bonds is 2. The number of urea groups is 1. The molecule has 1 aromatic rings. The van der Waals surface area contributed by atoms with E-state index in [1.54, 1.807) is 12.1 Å². The largest absolute Gasteiger partial charge is 0.373 e. The summed E-state index contributed by atoms with van der Waals surface area (Å²) >= 11 is 0. The number of hydrogen-bond acceptors (Lipinski definition) is 3. The number of carbonyl (C=O) groups excluding carboxylic acids is 1. The van der Waals surface area contributed by atoms with Gasteiger partial charge in [0.1, 0.15) is 5.82 Å². The molecule has 1 aromatic carbocycles. The Morgan fingerprint density at radius 2 is 1.90 bits per heavy atom. The molecule has 1 heterocycles. The smallest absolute Gasteiger partial charge is 0.319 e. The van der Waals surface area contributed by atoms with Gasteiger partial charge in [-0.1, -0.05) is 12.1 Å². The van der Waals surface area contributed by atoms with Crippen molar-refractivity contribution in [2.45, 2.75) is 37.5 Å². The van der Waals surface area contributed by atoms with E-state index in [1.807, 2.05) is 0 Å². The zero-order chi connectivity index (χ0) is 14.7. The second-order valence-corrected chi connectivity index (χ2v) is 5.41. The quantitative estimate of drug-likeness (QED) is 0.880. The van der Waals surface area contributed by atoms with Crippen molar-refractivity contribution in [1.82, 2.24) is 5.32 Å². The molecule has 2 amide bonds. The lowest BCUT2D eigenvalue weighted by Gasteiger charge is -2.39. The summed E-state index contributed by atoms with van der Waals surface area (Å²) in [5.74, 6) is -0.444. The maximum Gasteiger partial charge on any atom is 0.319 e. The van der Waals surface area contributed by atoms with Crippen LogP contribution in [0.2, 0.25) is 0 Å². The molecule has 3 rings (SSSR count). The highest BCUT2D eigenvalue weighted by Crippen LogP contribution is 2.26. The molecule has 1 saturated carbocycles. The highest BCUT2D eigenvalue weighted by atomic mass is 19.1. The van der Waals surface area contributed by atoms with Gasteiger partial charge in [0.15, 0.2) is 0 Å². The van der Waals surface area contributed by atoms with Crippen LogP contribution in [-0.4, -0.2) is 37.5 Å². The molecule has 3 unspecified atom stereocenters. The van der Waals surface area contributed by atoms with Crippen molar-refractivity contribution in [1.29, 1.82) is 0 Å². The van der Waals surface area contributed by atoms with Gasteiger partial charge in [0, 0.05) is 6.04 Å². The van der Waals surface area contributed by atoms with Crippen molar-refractivity contribution in [3.63, 3.8) is 0 Å². The van der Waals surface area contributed by atoms with E-state index in [9.17, 15) is 9.18 Å². The topological polar surface area (TPSA) is 59.6 Å². The van der Waals surface area contributed by atoms with Gasteiger partial charge in [-0.05, 0) is 31.4 Å². The van der Waals surface area contributed by atoms with Crippen LogP contribution in [0, 0.1) is 5.82 Å². The molecule has 1 aliphatic carbocycles. The summed E-state index contributed by atoms with van der Waals surface area (Å²) in [7, 11) is 0. The second kappa shape index (κ2) is 6.41. The Balaban J connectivity index is 1.52. The first-order valence-electron chi connectivity index (χ1n) is 7.27. The van der Waals surface area contributed by atoms with Gasteiger partial charge in [-0.2, -0.15) is 0 Å². The van der Waals surface area contributed by atoms with Crippen LogP contribution >= 0.6 is 0 Å². The number of nitrogens with one attached hydrogen (secondary N) is 2. The van der Waals surface area contributed by atoms with E-state index >= 15 is 0 Å². The number of benzene rings is 1. The average Bonchev–Trinajstić information content (AvgIpc) is 2.49. The van der Waals surface area contributed by atoms with Gasteiger partial charge >= 0.3 is 6.03 Å². The Labute approximate surface area is 122 Å². The minimum atomic E-state index is -0.444. The van der Waals surface area contributed by atoms with Gasteiger partial charge < -0.3 is 20.1 Å². The van der Waals surface area contributed by atoms with Gasteiger partial charge in [0.2, 0.25) is 0 Å². The lowest BCUT2D eigenvalue weighted by Crippen LogP contribution is -2.50. The fraction of sp³-hybridized carbons (Fsp3) is 0.533. The first-order valence-corrected chi connectivity index (χ1v) is 7.27. The summed E-state index contributed by atoms with van der Waals surface area (Å²) in [4.78, 5) is 11.9. The van der Waals surface area contributed by atoms with Crippen molar-refractivity contribution in [2.75, 3.05) is 18.5 Å². The van der Waals surface area contributed by atoms with E-state index < -0.39 is 5.82 Å². The van der Waals surface area contributed by atoms with E-state index in [1.165, 1.54) is 12.1 Å². The zero-order valence-electron chi connectivity index (χ0n) is 11.7. The number of fused-ring (bicyclic) bond motifs is 1. The Morgan fingerprint density at radius 1 is 1.14 bits per heavy atom. The van der Waals surface area contributed by atoms with Crippen molar-refractivity contribution < 1.29 is 18.7 Å². The molecule has 0 spiro atoms. The van der Waals surface area contributed by atoms with E-state index in [-0.39, 0.29) is 30.0 Å². The number of carbonyl (C=O) groups is 1. The van der Waals surface area contributed by atoms with Crippen LogP contribution < -0.4 is 10.6 Å². The number of para-hydroxylation sites is 1. The summed E-state index contributed by atoms with van der Waals surface area (Å²) in [6, 6.07) is 5.75. The average molecular weight is 294 g/mol. The highest BCUT2D eigenvalue weighted by molar-refractivity contribution is 5.89. The first kappa shape index (κ1) is 14.3. The van der Waals surface area contributed by atoms with Crippen molar-refractivity contribution in [3.05, 3.63) is 30.1 Å². The van der Waals surface area contributed by atoms with Crippen LogP contribution in [0.15, 0.2) is 24.3 Å². The third-order valence-electron chi connectivity index (χ3n) is 3.94. The fourth-order valence-corrected chi connectivity index (χ4v) is 2.90. The predicted molar refractivity (Wildman–Crippen MR) is 75.7 cm³/mol. The van der Waals surface area contributed by atoms with Crippen LogP contribution in [0.5, 0.6) is 0 Å². The predicted octanol–water partition coefficient (Wildman–Crippen LogP) is 2.28. The molecule has 0 radical (unpaired) electrons. The molecular formula is C15H19FN2O3. The van der Waals surface area contributed by atoms with Crippen LogP contribution in [0.3, 0.4) is 0 Å². The van der Waals surface area contributed by atoms with Gasteiger partial charge in [-0.25, -0.2) is 9.18 Å². The molecule has 1 saturated heterocycles. The molecule has 2 N–H and O–H groups in total. The van der Waals surface area contributed by atoms with Crippen molar-refractivity contribution in [2.24, 2.45) is 0 Å². The molecule has 0 bridgehead atoms. The van der Waals surface area contributed by atoms with Gasteiger partial charge in [-0.15, -0.1) is 0 Å². The van der Waals surface area contributed by atoms with Gasteiger partial charge in [0.05, 0.1) is 31.1 Å². The number of amides is 2. The number of ether oxygens (including phenoxy) is 2. The molecule has 3 atom stereocenters. The molecular weight excluding hydrogens is 275 g/mol. The van der Waals surface area contributed by atoms with E-state index in [2.05, 4.69) is 10.6 Å². The number of anilines is 1. The van der Waals surface area contributed by atoms with Gasteiger partial charge in [0.25, 0.3) is 0 Å². The lowest BCUT2D eigenvalue weighted by molar-refractivity contribution is -0.157. The van der Waals surface area contributed by atoms with Crippen LogP contribution in [-0.2, 0) is 9.47 Å². The van der Waals surface area contributed by atoms with Crippen molar-refractivity contribution >= 4 is 11.7 Å². The number of halogens is 1. The Hall–Kier alpha value is -1.66. The molecule has 2 fully saturated rings. The van der Waals surface area contributed by atoms with E-state index in [0.29, 0.717) is 13.2 Å².